The molecule has 2 heterocycles. The molecule has 29 heavy (non-hydrogen) atoms. The molecule has 0 saturated carbocycles. The van der Waals surface area contributed by atoms with E-state index < -0.39 is 0 Å². The summed E-state index contributed by atoms with van der Waals surface area (Å²) in [7, 11) is 0. The molecule has 2 aromatic rings. The second-order valence-electron chi connectivity index (χ2n) is 7.55. The number of hydrogen-bond donors (Lipinski definition) is 1. The summed E-state index contributed by atoms with van der Waals surface area (Å²) in [5, 5.41) is 9.89. The van der Waals surface area contributed by atoms with E-state index in [0.29, 0.717) is 10.0 Å². The van der Waals surface area contributed by atoms with Crippen molar-refractivity contribution in [2.45, 2.75) is 32.2 Å². The van der Waals surface area contributed by atoms with Crippen LogP contribution in [0.3, 0.4) is 0 Å². The van der Waals surface area contributed by atoms with Crippen LogP contribution in [0.2, 0.25) is 5.02 Å². The van der Waals surface area contributed by atoms with Gasteiger partial charge < -0.3 is 5.43 Å². The lowest BCUT2D eigenvalue weighted by molar-refractivity contribution is 0.197. The first-order chi connectivity index (χ1) is 14.0. The summed E-state index contributed by atoms with van der Waals surface area (Å²) in [6.07, 6.45) is 3.68. The molecular formula is C22H24BrClN4S. The van der Waals surface area contributed by atoms with Crippen LogP contribution in [0.5, 0.6) is 0 Å². The largest absolute Gasteiger partial charge is 0.308 e. The predicted octanol–water partition coefficient (Wildman–Crippen LogP) is 5.97. The fourth-order valence-corrected chi connectivity index (χ4v) is 4.86. The number of nitrogens with one attached hydrogen (secondary N) is 1. The van der Waals surface area contributed by atoms with Crippen LogP contribution in [-0.2, 0) is 0 Å². The second kappa shape index (κ2) is 9.13. The Labute approximate surface area is 191 Å². The number of nitrogens with zero attached hydrogens (tertiary/aromatic N) is 3. The number of anilines is 1. The molecule has 0 radical (unpaired) electrons. The van der Waals surface area contributed by atoms with Crippen LogP contribution >= 0.6 is 39.7 Å². The van der Waals surface area contributed by atoms with Gasteiger partial charge in [0.2, 0.25) is 0 Å². The average molecular weight is 492 g/mol. The summed E-state index contributed by atoms with van der Waals surface area (Å²) in [5.41, 5.74) is 6.40. The number of hydrazine groups is 1. The van der Waals surface area contributed by atoms with E-state index >= 15 is 0 Å². The van der Waals surface area contributed by atoms with E-state index in [1.165, 1.54) is 24.8 Å². The van der Waals surface area contributed by atoms with Gasteiger partial charge in [0.05, 0.1) is 16.8 Å². The fraction of sp³-hybridized carbons (Fsp3) is 0.364. The van der Waals surface area contributed by atoms with E-state index in [9.17, 15) is 0 Å². The minimum Gasteiger partial charge on any atom is -0.308 e. The molecular weight excluding hydrogens is 468 g/mol. The number of para-hydroxylation sites is 1. The van der Waals surface area contributed by atoms with E-state index in [0.717, 1.165) is 29.0 Å². The van der Waals surface area contributed by atoms with Crippen molar-refractivity contribution < 1.29 is 0 Å². The first kappa shape index (κ1) is 20.8. The van der Waals surface area contributed by atoms with Gasteiger partial charge in [-0.3, -0.25) is 5.01 Å². The maximum atomic E-state index is 6.54. The van der Waals surface area contributed by atoms with E-state index in [4.69, 9.17) is 28.9 Å². The summed E-state index contributed by atoms with van der Waals surface area (Å²) in [5.74, 6) is 0.122. The summed E-state index contributed by atoms with van der Waals surface area (Å²) < 4.78 is 1.06. The molecule has 152 valence electrons. The zero-order valence-electron chi connectivity index (χ0n) is 16.3. The molecule has 4 rings (SSSR count). The van der Waals surface area contributed by atoms with E-state index in [1.807, 2.05) is 29.3 Å². The quantitative estimate of drug-likeness (QED) is 0.534. The topological polar surface area (TPSA) is 30.9 Å². The number of benzene rings is 2. The van der Waals surface area contributed by atoms with Crippen LogP contribution in [0.1, 0.15) is 37.8 Å². The van der Waals surface area contributed by atoms with Gasteiger partial charge >= 0.3 is 0 Å². The number of hydrazone groups is 1. The van der Waals surface area contributed by atoms with Gasteiger partial charge in [0.25, 0.3) is 0 Å². The molecule has 2 aliphatic rings. The van der Waals surface area contributed by atoms with Crippen molar-refractivity contribution in [3.63, 3.8) is 0 Å². The normalized spacial score (nSPS) is 22.4. The molecule has 4 nitrogen and oxygen atoms in total. The zero-order valence-corrected chi connectivity index (χ0v) is 19.5. The lowest BCUT2D eigenvalue weighted by Gasteiger charge is -2.29. The molecule has 1 saturated heterocycles. The Balaban J connectivity index is 1.66. The third kappa shape index (κ3) is 4.50. The van der Waals surface area contributed by atoms with Crippen molar-refractivity contribution in [1.29, 1.82) is 0 Å². The molecule has 0 unspecified atom stereocenters. The van der Waals surface area contributed by atoms with Crippen molar-refractivity contribution in [1.82, 2.24) is 10.4 Å². The molecule has 2 atom stereocenters. The lowest BCUT2D eigenvalue weighted by Crippen LogP contribution is -2.47. The second-order valence-corrected chi connectivity index (χ2v) is 9.29. The monoisotopic (exact) mass is 490 g/mol. The highest BCUT2D eigenvalue weighted by atomic mass is 79.9. The van der Waals surface area contributed by atoms with Gasteiger partial charge in [0.1, 0.15) is 10.7 Å². The molecule has 1 fully saturated rings. The molecule has 1 N–H and O–H groups in total. The van der Waals surface area contributed by atoms with Gasteiger partial charge in [-0.1, -0.05) is 77.4 Å². The first-order valence-electron chi connectivity index (χ1n) is 9.98. The van der Waals surface area contributed by atoms with Crippen molar-refractivity contribution in [2.75, 3.05) is 18.1 Å². The van der Waals surface area contributed by atoms with Crippen LogP contribution in [0, 0.1) is 5.92 Å². The third-order valence-electron chi connectivity index (χ3n) is 5.54. The lowest BCUT2D eigenvalue weighted by atomic mass is 9.91. The molecule has 2 aliphatic heterocycles. The molecule has 2 aromatic carbocycles. The molecule has 7 heteroatoms. The zero-order chi connectivity index (χ0) is 20.4. The Morgan fingerprint density at radius 3 is 2.48 bits per heavy atom. The molecule has 0 amide bonds. The van der Waals surface area contributed by atoms with E-state index in [1.54, 1.807) is 0 Å². The summed E-state index contributed by atoms with van der Waals surface area (Å²) in [6, 6.07) is 16.3. The van der Waals surface area contributed by atoms with Gasteiger partial charge in [-0.2, -0.15) is 5.10 Å². The van der Waals surface area contributed by atoms with Crippen LogP contribution in [-0.4, -0.2) is 28.8 Å². The van der Waals surface area contributed by atoms with E-state index in [-0.39, 0.29) is 12.0 Å². The minimum atomic E-state index is 0.0269. The van der Waals surface area contributed by atoms with Crippen molar-refractivity contribution in [2.24, 2.45) is 11.0 Å². The predicted molar refractivity (Wildman–Crippen MR) is 129 cm³/mol. The Morgan fingerprint density at radius 2 is 1.79 bits per heavy atom. The van der Waals surface area contributed by atoms with Crippen molar-refractivity contribution >= 4 is 56.1 Å². The van der Waals surface area contributed by atoms with Gasteiger partial charge in [-0.15, -0.1) is 0 Å². The summed E-state index contributed by atoms with van der Waals surface area (Å²) >= 11 is 15.8. The number of halogens is 2. The van der Waals surface area contributed by atoms with Gasteiger partial charge in [0, 0.05) is 23.5 Å². The highest BCUT2D eigenvalue weighted by Gasteiger charge is 2.38. The van der Waals surface area contributed by atoms with Gasteiger partial charge in [-0.05, 0) is 42.7 Å². The smallest absolute Gasteiger partial charge is 0.137 e. The van der Waals surface area contributed by atoms with E-state index in [2.05, 4.69) is 57.6 Å². The average Bonchev–Trinajstić information content (AvgIpc) is 3.07. The van der Waals surface area contributed by atoms with Crippen LogP contribution in [0.15, 0.2) is 58.1 Å². The number of piperidine rings is 1. The highest BCUT2D eigenvalue weighted by molar-refractivity contribution is 9.10. The standard InChI is InChI=1S/C22H24BrClN4S/c1-15-20(22(29)26-27-13-5-2-6-14-27)25-28(19-8-4-3-7-18(19)24)21(15)16-9-11-17(23)12-10-16/h3-4,7-12,15,21H,2,5-6,13-14H2,1H3,(H,26,29)/t15-,21-/m0/s1. The number of hydrogen-bond acceptors (Lipinski definition) is 4. The Hall–Kier alpha value is -1.47. The van der Waals surface area contributed by atoms with Gasteiger partial charge in [0.15, 0.2) is 0 Å². The maximum Gasteiger partial charge on any atom is 0.137 e. The Bertz CT molecular complexity index is 911. The van der Waals surface area contributed by atoms with Crippen molar-refractivity contribution in [3.8, 4) is 0 Å². The fourth-order valence-electron chi connectivity index (χ4n) is 4.02. The van der Waals surface area contributed by atoms with Crippen LogP contribution < -0.4 is 10.4 Å². The highest BCUT2D eigenvalue weighted by Crippen LogP contribution is 2.42. The molecule has 0 spiro atoms. The van der Waals surface area contributed by atoms with Crippen LogP contribution in [0.4, 0.5) is 5.69 Å². The first-order valence-corrected chi connectivity index (χ1v) is 11.6. The Kier molecular flexibility index (Phi) is 6.54. The molecule has 0 bridgehead atoms. The van der Waals surface area contributed by atoms with Crippen LogP contribution in [0.25, 0.3) is 0 Å². The van der Waals surface area contributed by atoms with Crippen molar-refractivity contribution in [3.05, 3.63) is 63.6 Å². The SMILES string of the molecule is C[C@H]1C(C(=S)NN2CCCCC2)=NN(c2ccccc2Cl)[C@@H]1c1ccc(Br)cc1. The Morgan fingerprint density at radius 1 is 1.10 bits per heavy atom. The third-order valence-corrected chi connectivity index (χ3v) is 6.69. The molecule has 0 aromatic heterocycles. The minimum absolute atomic E-state index is 0.0269. The van der Waals surface area contributed by atoms with Gasteiger partial charge in [-0.25, -0.2) is 5.01 Å². The number of rotatable bonds is 4. The molecule has 0 aliphatic carbocycles. The maximum absolute atomic E-state index is 6.54. The summed E-state index contributed by atoms with van der Waals surface area (Å²) in [6.45, 7) is 4.23. The summed E-state index contributed by atoms with van der Waals surface area (Å²) in [4.78, 5) is 0.705. The number of thiocarbonyl (C=S) groups is 1.